The van der Waals surface area contributed by atoms with Crippen LogP contribution in [0.5, 0.6) is 5.75 Å². The van der Waals surface area contributed by atoms with E-state index in [1.165, 1.54) is 18.3 Å². The largest absolute Gasteiger partial charge is 0.461 e. The molecule has 14 heteroatoms. The maximum Gasteiger partial charge on any atom is 0.417 e. The maximum absolute atomic E-state index is 13.0. The van der Waals surface area contributed by atoms with Crippen molar-refractivity contribution in [3.8, 4) is 28.7 Å². The van der Waals surface area contributed by atoms with Gasteiger partial charge in [-0.15, -0.1) is 0 Å². The molecule has 0 saturated carbocycles. The summed E-state index contributed by atoms with van der Waals surface area (Å²) in [6, 6.07) is 3.41. The lowest BCUT2D eigenvalue weighted by atomic mass is 10.2. The first kappa shape index (κ1) is 22.6. The van der Waals surface area contributed by atoms with Crippen LogP contribution in [-0.4, -0.2) is 42.6 Å². The van der Waals surface area contributed by atoms with Crippen molar-refractivity contribution in [3.63, 3.8) is 0 Å². The molecular weight excluding hydrogens is 500 g/mol. The zero-order chi connectivity index (χ0) is 23.2. The van der Waals surface area contributed by atoms with Crippen LogP contribution in [-0.2, 0) is 6.18 Å². The number of halogens is 6. The third-order valence-electron chi connectivity index (χ3n) is 4.16. The van der Waals surface area contributed by atoms with Gasteiger partial charge in [0, 0.05) is 24.0 Å². The fourth-order valence-corrected chi connectivity index (χ4v) is 3.43. The van der Waals surface area contributed by atoms with Crippen molar-refractivity contribution in [1.29, 1.82) is 0 Å². The van der Waals surface area contributed by atoms with E-state index in [1.807, 2.05) is 0 Å². The number of rotatable bonds is 5. The van der Waals surface area contributed by atoms with E-state index in [9.17, 15) is 18.3 Å². The minimum absolute atomic E-state index is 0.0142. The Hall–Kier alpha value is -2.57. The first-order chi connectivity index (χ1) is 15.1. The molecule has 3 heterocycles. The highest BCUT2D eigenvalue weighted by molar-refractivity contribution is 6.36. The summed E-state index contributed by atoms with van der Waals surface area (Å²) < 4.78 is 50.4. The van der Waals surface area contributed by atoms with Crippen LogP contribution in [0.25, 0.3) is 28.6 Å². The molecule has 0 saturated heterocycles. The number of nitrogens with zero attached hydrogens (tertiary/aromatic N) is 4. The Morgan fingerprint density at radius 2 is 1.81 bits per heavy atom. The van der Waals surface area contributed by atoms with Gasteiger partial charge in [-0.3, -0.25) is 0 Å². The molecule has 1 unspecified atom stereocenters. The summed E-state index contributed by atoms with van der Waals surface area (Å²) in [4.78, 5) is 8.31. The molecule has 0 spiro atoms. The molecule has 0 aliphatic rings. The van der Waals surface area contributed by atoms with E-state index in [0.29, 0.717) is 0 Å². The minimum atomic E-state index is -4.58. The van der Waals surface area contributed by atoms with Gasteiger partial charge in [-0.25, -0.2) is 4.98 Å². The third-order valence-corrected chi connectivity index (χ3v) is 5.05. The van der Waals surface area contributed by atoms with Gasteiger partial charge in [0.1, 0.15) is 18.1 Å². The van der Waals surface area contributed by atoms with Crippen molar-refractivity contribution in [2.45, 2.75) is 12.5 Å². The predicted molar refractivity (Wildman–Crippen MR) is 108 cm³/mol. The van der Waals surface area contributed by atoms with Gasteiger partial charge in [0.05, 0.1) is 20.6 Å². The smallest absolute Gasteiger partial charge is 0.417 e. The SMILES string of the molecule is OCC(O)Oc1cc(Cl)c(-c2noc(-c3cn4cc(C(F)(F)F)cc(Cl)c4n3)n2)cc1Cl. The third kappa shape index (κ3) is 4.34. The van der Waals surface area contributed by atoms with Gasteiger partial charge in [0.25, 0.3) is 5.89 Å². The second-order valence-electron chi connectivity index (χ2n) is 6.37. The van der Waals surface area contributed by atoms with Crippen molar-refractivity contribution in [2.75, 3.05) is 6.61 Å². The Balaban J connectivity index is 1.69. The van der Waals surface area contributed by atoms with E-state index in [1.54, 1.807) is 0 Å². The molecule has 4 aromatic rings. The van der Waals surface area contributed by atoms with Crippen molar-refractivity contribution < 1.29 is 32.6 Å². The van der Waals surface area contributed by atoms with Gasteiger partial charge in [-0.05, 0) is 12.1 Å². The standard InChI is InChI=1S/C18H10Cl3F3N4O4/c19-9-3-13(31-14(30)6-29)10(20)2-8(9)15-26-17(32-27-15)12-5-28-4-7(18(22,23)24)1-11(21)16(28)25-12/h1-5,14,29-30H,6H2. The van der Waals surface area contributed by atoms with Gasteiger partial charge >= 0.3 is 6.18 Å². The molecule has 1 aromatic carbocycles. The quantitative estimate of drug-likeness (QED) is 0.375. The molecule has 3 aromatic heterocycles. The van der Waals surface area contributed by atoms with Crippen LogP contribution in [0.15, 0.2) is 35.1 Å². The molecule has 168 valence electrons. The zero-order valence-electron chi connectivity index (χ0n) is 15.4. The molecule has 0 radical (unpaired) electrons. The normalized spacial score (nSPS) is 13.0. The molecule has 4 rings (SSSR count). The number of ether oxygens (including phenoxy) is 1. The summed E-state index contributed by atoms with van der Waals surface area (Å²) in [5, 5.41) is 22.0. The van der Waals surface area contributed by atoms with E-state index in [0.717, 1.165) is 16.7 Å². The van der Waals surface area contributed by atoms with Crippen molar-refractivity contribution in [2.24, 2.45) is 0 Å². The Morgan fingerprint density at radius 1 is 1.06 bits per heavy atom. The first-order valence-electron chi connectivity index (χ1n) is 8.61. The lowest BCUT2D eigenvalue weighted by molar-refractivity contribution is -0.137. The predicted octanol–water partition coefficient (Wildman–Crippen LogP) is 4.72. The molecule has 0 amide bonds. The number of alkyl halides is 3. The molecule has 0 fully saturated rings. The summed E-state index contributed by atoms with van der Waals surface area (Å²) in [5.41, 5.74) is -0.545. The summed E-state index contributed by atoms with van der Waals surface area (Å²) in [6.07, 6.45) is -3.98. The van der Waals surface area contributed by atoms with E-state index in [-0.39, 0.29) is 49.4 Å². The van der Waals surface area contributed by atoms with Crippen molar-refractivity contribution >= 4 is 40.4 Å². The summed E-state index contributed by atoms with van der Waals surface area (Å²) in [6.45, 7) is -0.655. The lowest BCUT2D eigenvalue weighted by Crippen LogP contribution is -2.19. The summed E-state index contributed by atoms with van der Waals surface area (Å²) in [5.74, 6) is -0.0713. The maximum atomic E-state index is 13.0. The van der Waals surface area contributed by atoms with Crippen molar-refractivity contribution in [3.05, 3.63) is 51.2 Å². The molecule has 2 N–H and O–H groups in total. The molecule has 8 nitrogen and oxygen atoms in total. The van der Waals surface area contributed by atoms with Gasteiger partial charge < -0.3 is 23.9 Å². The Morgan fingerprint density at radius 3 is 2.50 bits per heavy atom. The highest BCUT2D eigenvalue weighted by Crippen LogP contribution is 2.37. The zero-order valence-corrected chi connectivity index (χ0v) is 17.7. The lowest BCUT2D eigenvalue weighted by Gasteiger charge is -2.13. The van der Waals surface area contributed by atoms with Crippen LogP contribution in [0.4, 0.5) is 13.2 Å². The number of benzene rings is 1. The topological polar surface area (TPSA) is 106 Å². The van der Waals surface area contributed by atoms with Crippen molar-refractivity contribution in [1.82, 2.24) is 19.5 Å². The number of imidazole rings is 1. The molecule has 0 bridgehead atoms. The van der Waals surface area contributed by atoms with E-state index < -0.39 is 24.6 Å². The number of aliphatic hydroxyl groups is 2. The molecule has 32 heavy (non-hydrogen) atoms. The van der Waals surface area contributed by atoms with E-state index in [4.69, 9.17) is 49.2 Å². The summed E-state index contributed by atoms with van der Waals surface area (Å²) in [7, 11) is 0. The highest BCUT2D eigenvalue weighted by Gasteiger charge is 2.32. The van der Waals surface area contributed by atoms with Crippen LogP contribution in [0.1, 0.15) is 5.56 Å². The first-order valence-corrected chi connectivity index (χ1v) is 9.74. The van der Waals surface area contributed by atoms with E-state index in [2.05, 4.69) is 15.1 Å². The fraction of sp³-hybridized carbons (Fsp3) is 0.167. The number of fused-ring (bicyclic) bond motifs is 1. The average molecular weight is 510 g/mol. The fourth-order valence-electron chi connectivity index (χ4n) is 2.73. The van der Waals surface area contributed by atoms with Gasteiger partial charge in [-0.1, -0.05) is 40.0 Å². The molecule has 0 aliphatic heterocycles. The number of aliphatic hydroxyl groups excluding tert-OH is 2. The van der Waals surface area contributed by atoms with Crippen LogP contribution < -0.4 is 4.74 Å². The van der Waals surface area contributed by atoms with Gasteiger partial charge in [0.15, 0.2) is 5.65 Å². The van der Waals surface area contributed by atoms with Crippen LogP contribution in [0.2, 0.25) is 15.1 Å². The Kier molecular flexibility index (Phi) is 5.94. The number of pyridine rings is 1. The molecule has 1 atom stereocenters. The van der Waals surface area contributed by atoms with Crippen LogP contribution in [0, 0.1) is 0 Å². The van der Waals surface area contributed by atoms with E-state index >= 15 is 0 Å². The number of hydrogen-bond acceptors (Lipinski definition) is 7. The van der Waals surface area contributed by atoms with Gasteiger partial charge in [-0.2, -0.15) is 18.2 Å². The Labute approximate surface area is 191 Å². The Bertz CT molecular complexity index is 1310. The average Bonchev–Trinajstić information content (AvgIpc) is 3.37. The molecular formula is C18H10Cl3F3N4O4. The number of hydrogen-bond donors (Lipinski definition) is 2. The highest BCUT2D eigenvalue weighted by atomic mass is 35.5. The second-order valence-corrected chi connectivity index (χ2v) is 7.59. The second kappa shape index (κ2) is 8.41. The van der Waals surface area contributed by atoms with Gasteiger partial charge in [0.2, 0.25) is 12.1 Å². The molecule has 0 aliphatic carbocycles. The summed E-state index contributed by atoms with van der Waals surface area (Å²) >= 11 is 18.3. The monoisotopic (exact) mass is 508 g/mol. The minimum Gasteiger partial charge on any atom is -0.461 e. The van der Waals surface area contributed by atoms with Crippen LogP contribution >= 0.6 is 34.8 Å². The number of aromatic nitrogens is 4. The van der Waals surface area contributed by atoms with Crippen LogP contribution in [0.3, 0.4) is 0 Å².